The van der Waals surface area contributed by atoms with Crippen LogP contribution in [0.1, 0.15) is 10.4 Å². The van der Waals surface area contributed by atoms with Gasteiger partial charge in [-0.25, -0.2) is 4.68 Å². The highest BCUT2D eigenvalue weighted by atomic mass is 32.1. The largest absolute Gasteiger partial charge is 0.322 e. The van der Waals surface area contributed by atoms with Crippen molar-refractivity contribution in [2.75, 3.05) is 5.32 Å². The van der Waals surface area contributed by atoms with Crippen molar-refractivity contribution in [2.45, 2.75) is 0 Å². The molecule has 0 bridgehead atoms. The summed E-state index contributed by atoms with van der Waals surface area (Å²) in [5.74, 6) is -0.457. The van der Waals surface area contributed by atoms with Gasteiger partial charge in [0.2, 0.25) is 0 Å². The number of hydrogen-bond donors (Lipinski definition) is 2. The summed E-state index contributed by atoms with van der Waals surface area (Å²) in [6.45, 7) is 0. The van der Waals surface area contributed by atoms with Crippen LogP contribution in [0.15, 0.2) is 77.2 Å². The van der Waals surface area contributed by atoms with E-state index in [0.29, 0.717) is 11.4 Å². The molecule has 0 saturated carbocycles. The lowest BCUT2D eigenvalue weighted by atomic mass is 10.2. The van der Waals surface area contributed by atoms with Crippen LogP contribution in [0.3, 0.4) is 0 Å². The Labute approximate surface area is 152 Å². The summed E-state index contributed by atoms with van der Waals surface area (Å²) in [4.78, 5) is 28.5. The number of pyridine rings is 1. The number of nitrogens with one attached hydrogen (secondary N) is 2. The molecule has 3 heterocycles. The second-order valence-corrected chi connectivity index (χ2v) is 6.49. The number of benzene rings is 1. The van der Waals surface area contributed by atoms with Gasteiger partial charge in [0.1, 0.15) is 5.56 Å². The number of hydrogen-bond acceptors (Lipinski definition) is 4. The van der Waals surface area contributed by atoms with Crippen molar-refractivity contribution in [1.29, 1.82) is 0 Å². The van der Waals surface area contributed by atoms with E-state index in [1.54, 1.807) is 35.1 Å². The molecule has 0 unspecified atom stereocenters. The molecule has 26 heavy (non-hydrogen) atoms. The number of amides is 1. The van der Waals surface area contributed by atoms with Crippen molar-refractivity contribution in [3.63, 3.8) is 0 Å². The number of thiophene rings is 1. The van der Waals surface area contributed by atoms with E-state index in [9.17, 15) is 9.59 Å². The molecule has 0 fully saturated rings. The molecular formula is C19H14N4O2S. The van der Waals surface area contributed by atoms with Crippen LogP contribution in [0, 0.1) is 0 Å². The Hall–Kier alpha value is -3.45. The van der Waals surface area contributed by atoms with Crippen LogP contribution < -0.4 is 10.9 Å². The molecule has 0 aliphatic rings. The molecule has 1 aromatic carbocycles. The number of nitrogens with zero attached hydrogens (tertiary/aromatic N) is 2. The lowest BCUT2D eigenvalue weighted by Gasteiger charge is -2.08. The summed E-state index contributed by atoms with van der Waals surface area (Å²) in [6.07, 6.45) is 3.49. The van der Waals surface area contributed by atoms with Crippen LogP contribution in [0.5, 0.6) is 0 Å². The average Bonchev–Trinajstić information content (AvgIpc) is 3.36. The molecule has 0 atom stereocenters. The third-order valence-corrected chi connectivity index (χ3v) is 4.72. The Morgan fingerprint density at radius 2 is 2.04 bits per heavy atom. The number of carbonyl (C=O) groups excluding carboxylic acids is 1. The third kappa shape index (κ3) is 3.20. The van der Waals surface area contributed by atoms with Crippen LogP contribution in [0.25, 0.3) is 16.3 Å². The number of H-pyrrole nitrogens is 1. The first kappa shape index (κ1) is 16.0. The predicted octanol–water partition coefficient (Wildman–Crippen LogP) is 3.54. The molecule has 7 heteroatoms. The highest BCUT2D eigenvalue weighted by Gasteiger charge is 2.12. The van der Waals surface area contributed by atoms with Gasteiger partial charge in [0.05, 0.1) is 16.3 Å². The molecule has 1 amide bonds. The smallest absolute Gasteiger partial charge is 0.261 e. The van der Waals surface area contributed by atoms with Crippen LogP contribution in [0.4, 0.5) is 5.69 Å². The number of rotatable bonds is 4. The van der Waals surface area contributed by atoms with Gasteiger partial charge in [-0.1, -0.05) is 12.1 Å². The minimum atomic E-state index is -0.457. The Morgan fingerprint density at radius 3 is 2.77 bits per heavy atom. The van der Waals surface area contributed by atoms with Gasteiger partial charge in [0.25, 0.3) is 11.5 Å². The number of carbonyl (C=O) groups is 1. The highest BCUT2D eigenvalue weighted by Crippen LogP contribution is 2.21. The van der Waals surface area contributed by atoms with Gasteiger partial charge in [0, 0.05) is 18.1 Å². The van der Waals surface area contributed by atoms with Crippen molar-refractivity contribution in [1.82, 2.24) is 14.8 Å². The second-order valence-electron chi connectivity index (χ2n) is 5.55. The maximum atomic E-state index is 12.5. The summed E-state index contributed by atoms with van der Waals surface area (Å²) in [5, 5.41) is 8.85. The zero-order chi connectivity index (χ0) is 17.9. The third-order valence-electron chi connectivity index (χ3n) is 3.81. The first-order valence-corrected chi connectivity index (χ1v) is 8.77. The van der Waals surface area contributed by atoms with Crippen molar-refractivity contribution in [3.05, 3.63) is 88.3 Å². The zero-order valence-electron chi connectivity index (χ0n) is 13.5. The quantitative estimate of drug-likeness (QED) is 0.583. The van der Waals surface area contributed by atoms with E-state index in [1.165, 1.54) is 11.3 Å². The van der Waals surface area contributed by atoms with Gasteiger partial charge in [-0.2, -0.15) is 5.10 Å². The monoisotopic (exact) mass is 362 g/mol. The summed E-state index contributed by atoms with van der Waals surface area (Å²) >= 11 is 1.52. The van der Waals surface area contributed by atoms with Crippen molar-refractivity contribution >= 4 is 22.9 Å². The lowest BCUT2D eigenvalue weighted by molar-refractivity contribution is 0.102. The second kappa shape index (κ2) is 6.81. The molecule has 4 aromatic rings. The molecule has 0 radical (unpaired) electrons. The lowest BCUT2D eigenvalue weighted by Crippen LogP contribution is -2.23. The van der Waals surface area contributed by atoms with E-state index in [0.717, 1.165) is 10.6 Å². The maximum Gasteiger partial charge on any atom is 0.261 e. The van der Waals surface area contributed by atoms with Crippen molar-refractivity contribution < 1.29 is 4.79 Å². The first-order chi connectivity index (χ1) is 12.7. The minimum Gasteiger partial charge on any atom is -0.322 e. The van der Waals surface area contributed by atoms with E-state index in [2.05, 4.69) is 15.4 Å². The fraction of sp³-hybridized carbons (Fsp3) is 0. The van der Waals surface area contributed by atoms with E-state index >= 15 is 0 Å². The topological polar surface area (TPSA) is 79.8 Å². The molecule has 0 spiro atoms. The molecule has 3 aromatic heterocycles. The maximum absolute atomic E-state index is 12.5. The Balaban J connectivity index is 1.57. The van der Waals surface area contributed by atoms with Crippen LogP contribution in [0.2, 0.25) is 0 Å². The number of aromatic amines is 1. The predicted molar refractivity (Wildman–Crippen MR) is 102 cm³/mol. The molecule has 2 N–H and O–H groups in total. The Kier molecular flexibility index (Phi) is 4.20. The molecule has 4 rings (SSSR count). The SMILES string of the molecule is O=C(Nc1cccc(-n2cccn2)c1)c1ccc(-c2cccs2)[nH]c1=O. The summed E-state index contributed by atoms with van der Waals surface area (Å²) < 4.78 is 1.69. The van der Waals surface area contributed by atoms with Crippen molar-refractivity contribution in [2.24, 2.45) is 0 Å². The van der Waals surface area contributed by atoms with Crippen molar-refractivity contribution in [3.8, 4) is 16.3 Å². The van der Waals surface area contributed by atoms with Crippen LogP contribution >= 0.6 is 11.3 Å². The molecule has 0 aliphatic heterocycles. The summed E-state index contributed by atoms with van der Waals surface area (Å²) in [5.41, 5.74) is 1.74. The van der Waals surface area contributed by atoms with Crippen LogP contribution in [-0.4, -0.2) is 20.7 Å². The first-order valence-electron chi connectivity index (χ1n) is 7.89. The summed E-state index contributed by atoms with van der Waals surface area (Å²) in [6, 6.07) is 16.2. The van der Waals surface area contributed by atoms with Gasteiger partial charge in [-0.05, 0) is 47.8 Å². The van der Waals surface area contributed by atoms with Gasteiger partial charge >= 0.3 is 0 Å². The highest BCUT2D eigenvalue weighted by molar-refractivity contribution is 7.13. The molecule has 128 valence electrons. The van der Waals surface area contributed by atoms with E-state index in [4.69, 9.17) is 0 Å². The van der Waals surface area contributed by atoms with Gasteiger partial charge in [0.15, 0.2) is 0 Å². The van der Waals surface area contributed by atoms with Gasteiger partial charge in [-0.3, -0.25) is 9.59 Å². The fourth-order valence-corrected chi connectivity index (χ4v) is 3.28. The number of aromatic nitrogens is 3. The van der Waals surface area contributed by atoms with Gasteiger partial charge in [-0.15, -0.1) is 11.3 Å². The van der Waals surface area contributed by atoms with E-state index in [1.807, 2.05) is 41.9 Å². The molecular weight excluding hydrogens is 348 g/mol. The van der Waals surface area contributed by atoms with Crippen LogP contribution in [-0.2, 0) is 0 Å². The standard InChI is InChI=1S/C19H14N4O2S/c24-18(15-7-8-16(22-19(15)25)17-6-2-11-26-17)21-13-4-1-5-14(12-13)23-10-3-9-20-23/h1-12H,(H,21,24)(H,22,25). The Morgan fingerprint density at radius 1 is 1.12 bits per heavy atom. The summed E-state index contributed by atoms with van der Waals surface area (Å²) in [7, 11) is 0. The normalized spacial score (nSPS) is 10.6. The number of anilines is 1. The molecule has 0 aliphatic carbocycles. The minimum absolute atomic E-state index is 0.0646. The molecule has 0 saturated heterocycles. The van der Waals surface area contributed by atoms with Gasteiger partial charge < -0.3 is 10.3 Å². The van der Waals surface area contributed by atoms with E-state index in [-0.39, 0.29) is 5.56 Å². The van der Waals surface area contributed by atoms with E-state index < -0.39 is 11.5 Å². The fourth-order valence-electron chi connectivity index (χ4n) is 2.57. The Bertz CT molecular complexity index is 1100. The average molecular weight is 362 g/mol. The molecule has 6 nitrogen and oxygen atoms in total. The zero-order valence-corrected chi connectivity index (χ0v) is 14.4.